The summed E-state index contributed by atoms with van der Waals surface area (Å²) in [6, 6.07) is 17.3. The lowest BCUT2D eigenvalue weighted by Crippen LogP contribution is -2.17. The Morgan fingerprint density at radius 1 is 1.04 bits per heavy atom. The minimum absolute atomic E-state index is 0.0115. The molecule has 2 aromatic carbocycles. The summed E-state index contributed by atoms with van der Waals surface area (Å²) < 4.78 is 25.8. The predicted octanol–water partition coefficient (Wildman–Crippen LogP) is 4.09. The van der Waals surface area contributed by atoms with E-state index in [0.29, 0.717) is 11.1 Å². The standard InChI is InChI=1S/C19H17NO2S/c1-4-18(23(21,22)15-10-6-5-7-11-15)16-12-8-9-13-17(16)19(2,3)14-20/h5-13H,1H2,2-3H3. The number of benzene rings is 2. The molecule has 0 radical (unpaired) electrons. The van der Waals surface area contributed by atoms with E-state index >= 15 is 0 Å². The molecule has 116 valence electrons. The SMILES string of the molecule is C=C=C(c1ccccc1C(C)(C)C#N)S(=O)(=O)c1ccccc1. The van der Waals surface area contributed by atoms with E-state index in [1.807, 2.05) is 0 Å². The number of hydrogen-bond acceptors (Lipinski definition) is 3. The van der Waals surface area contributed by atoms with Crippen LogP contribution in [-0.2, 0) is 15.3 Å². The van der Waals surface area contributed by atoms with E-state index in [1.54, 1.807) is 56.3 Å². The van der Waals surface area contributed by atoms with E-state index in [9.17, 15) is 13.7 Å². The van der Waals surface area contributed by atoms with Crippen molar-refractivity contribution in [3.63, 3.8) is 0 Å². The van der Waals surface area contributed by atoms with Crippen LogP contribution in [0.4, 0.5) is 0 Å². The summed E-state index contributed by atoms with van der Waals surface area (Å²) in [5, 5.41) is 9.40. The lowest BCUT2D eigenvalue weighted by Gasteiger charge is -2.20. The number of rotatable bonds is 4. The largest absolute Gasteiger partial charge is 0.218 e. The van der Waals surface area contributed by atoms with Gasteiger partial charge in [-0.1, -0.05) is 49.0 Å². The summed E-state index contributed by atoms with van der Waals surface area (Å²) in [5.74, 6) is 0. The third-order valence-electron chi connectivity index (χ3n) is 3.61. The Kier molecular flexibility index (Phi) is 4.56. The first kappa shape index (κ1) is 16.8. The maximum Gasteiger partial charge on any atom is 0.214 e. The first-order chi connectivity index (χ1) is 10.8. The van der Waals surface area contributed by atoms with Crippen LogP contribution in [0.3, 0.4) is 0 Å². The molecule has 0 saturated carbocycles. The maximum atomic E-state index is 12.9. The molecule has 0 bridgehead atoms. The van der Waals surface area contributed by atoms with Gasteiger partial charge in [0.2, 0.25) is 9.84 Å². The predicted molar refractivity (Wildman–Crippen MR) is 91.3 cm³/mol. The monoisotopic (exact) mass is 323 g/mol. The smallest absolute Gasteiger partial charge is 0.214 e. The Morgan fingerprint density at radius 2 is 1.61 bits per heavy atom. The van der Waals surface area contributed by atoms with E-state index in [-0.39, 0.29) is 9.80 Å². The molecule has 3 nitrogen and oxygen atoms in total. The van der Waals surface area contributed by atoms with Gasteiger partial charge in [0.15, 0.2) is 0 Å². The Labute approximate surface area is 137 Å². The Morgan fingerprint density at radius 3 is 2.17 bits per heavy atom. The molecular weight excluding hydrogens is 306 g/mol. The summed E-state index contributed by atoms with van der Waals surface area (Å²) in [7, 11) is -3.76. The van der Waals surface area contributed by atoms with Gasteiger partial charge in [0.25, 0.3) is 0 Å². The van der Waals surface area contributed by atoms with Crippen LogP contribution in [0.5, 0.6) is 0 Å². The van der Waals surface area contributed by atoms with Crippen LogP contribution in [-0.4, -0.2) is 8.42 Å². The van der Waals surface area contributed by atoms with Crippen molar-refractivity contribution in [1.82, 2.24) is 0 Å². The zero-order valence-corrected chi connectivity index (χ0v) is 13.9. The molecule has 0 aliphatic rings. The number of nitrogens with zero attached hydrogens (tertiary/aromatic N) is 1. The first-order valence-corrected chi connectivity index (χ1v) is 8.54. The van der Waals surface area contributed by atoms with Crippen LogP contribution < -0.4 is 0 Å². The van der Waals surface area contributed by atoms with Crippen LogP contribution in [0.25, 0.3) is 4.91 Å². The fraction of sp³-hybridized carbons (Fsp3) is 0.158. The fourth-order valence-corrected chi connectivity index (χ4v) is 3.75. The first-order valence-electron chi connectivity index (χ1n) is 7.06. The second-order valence-corrected chi connectivity index (χ2v) is 7.49. The van der Waals surface area contributed by atoms with Crippen molar-refractivity contribution in [3.8, 4) is 6.07 Å². The van der Waals surface area contributed by atoms with Crippen LogP contribution in [0.2, 0.25) is 0 Å². The van der Waals surface area contributed by atoms with Crippen LogP contribution >= 0.6 is 0 Å². The second kappa shape index (κ2) is 6.26. The molecule has 0 N–H and O–H groups in total. The van der Waals surface area contributed by atoms with E-state index in [4.69, 9.17) is 0 Å². The number of hydrogen-bond donors (Lipinski definition) is 0. The molecule has 0 aliphatic carbocycles. The minimum atomic E-state index is -3.76. The quantitative estimate of drug-likeness (QED) is 0.796. The fourth-order valence-electron chi connectivity index (χ4n) is 2.34. The second-order valence-electron chi connectivity index (χ2n) is 5.60. The Balaban J connectivity index is 2.72. The average Bonchev–Trinajstić information content (AvgIpc) is 2.56. The summed E-state index contributed by atoms with van der Waals surface area (Å²) >= 11 is 0. The van der Waals surface area contributed by atoms with Crippen LogP contribution in [0, 0.1) is 11.3 Å². The van der Waals surface area contributed by atoms with Gasteiger partial charge in [-0.05, 0) is 31.5 Å². The summed E-state index contributed by atoms with van der Waals surface area (Å²) in [6.07, 6.45) is 0. The Bertz CT molecular complexity index is 913. The van der Waals surface area contributed by atoms with Gasteiger partial charge in [-0.15, -0.1) is 5.73 Å². The summed E-state index contributed by atoms with van der Waals surface area (Å²) in [6.45, 7) is 7.06. The summed E-state index contributed by atoms with van der Waals surface area (Å²) in [4.78, 5) is 0.165. The van der Waals surface area contributed by atoms with E-state index in [0.717, 1.165) is 0 Å². The molecule has 2 aromatic rings. The maximum absolute atomic E-state index is 12.9. The van der Waals surface area contributed by atoms with E-state index < -0.39 is 15.3 Å². The minimum Gasteiger partial charge on any atom is -0.218 e. The van der Waals surface area contributed by atoms with Crippen molar-refractivity contribution < 1.29 is 8.42 Å². The van der Waals surface area contributed by atoms with Crippen molar-refractivity contribution in [2.75, 3.05) is 0 Å². The lowest BCUT2D eigenvalue weighted by molar-refractivity contribution is 0.605. The van der Waals surface area contributed by atoms with Crippen molar-refractivity contribution in [3.05, 3.63) is 78.0 Å². The van der Waals surface area contributed by atoms with Gasteiger partial charge in [-0.2, -0.15) is 5.26 Å². The molecule has 0 heterocycles. The van der Waals surface area contributed by atoms with Gasteiger partial charge in [0.05, 0.1) is 16.4 Å². The molecule has 0 amide bonds. The molecule has 0 aromatic heterocycles. The molecule has 0 unspecified atom stereocenters. The van der Waals surface area contributed by atoms with Gasteiger partial charge >= 0.3 is 0 Å². The zero-order valence-electron chi connectivity index (χ0n) is 13.1. The number of nitriles is 1. The topological polar surface area (TPSA) is 57.9 Å². The highest BCUT2D eigenvalue weighted by Crippen LogP contribution is 2.34. The molecular formula is C19H17NO2S. The van der Waals surface area contributed by atoms with Crippen molar-refractivity contribution >= 4 is 14.7 Å². The molecule has 0 atom stereocenters. The van der Waals surface area contributed by atoms with Gasteiger partial charge in [-0.3, -0.25) is 0 Å². The van der Waals surface area contributed by atoms with Gasteiger partial charge in [-0.25, -0.2) is 8.42 Å². The molecule has 0 aliphatic heterocycles. The Hall–Kier alpha value is -2.60. The third-order valence-corrected chi connectivity index (χ3v) is 5.40. The molecule has 2 rings (SSSR count). The lowest BCUT2D eigenvalue weighted by atomic mass is 9.83. The van der Waals surface area contributed by atoms with E-state index in [1.165, 1.54) is 12.1 Å². The molecule has 0 fully saturated rings. The molecule has 23 heavy (non-hydrogen) atoms. The average molecular weight is 323 g/mol. The van der Waals surface area contributed by atoms with Crippen LogP contribution in [0.15, 0.2) is 71.8 Å². The molecule has 4 heteroatoms. The van der Waals surface area contributed by atoms with Gasteiger partial charge < -0.3 is 0 Å². The highest BCUT2D eigenvalue weighted by atomic mass is 32.2. The third kappa shape index (κ3) is 3.12. The molecule has 0 spiro atoms. The highest BCUT2D eigenvalue weighted by Gasteiger charge is 2.29. The van der Waals surface area contributed by atoms with Crippen molar-refractivity contribution in [2.24, 2.45) is 0 Å². The van der Waals surface area contributed by atoms with Crippen molar-refractivity contribution in [2.45, 2.75) is 24.2 Å². The highest BCUT2D eigenvalue weighted by molar-refractivity contribution is 8.00. The number of sulfone groups is 1. The summed E-state index contributed by atoms with van der Waals surface area (Å²) in [5.41, 5.74) is 2.82. The van der Waals surface area contributed by atoms with Gasteiger partial charge in [0.1, 0.15) is 4.91 Å². The normalized spacial score (nSPS) is 11.3. The van der Waals surface area contributed by atoms with Crippen molar-refractivity contribution in [1.29, 1.82) is 5.26 Å². The van der Waals surface area contributed by atoms with E-state index in [2.05, 4.69) is 18.4 Å². The van der Waals surface area contributed by atoms with Gasteiger partial charge in [0, 0.05) is 5.56 Å². The van der Waals surface area contributed by atoms with Crippen LogP contribution in [0.1, 0.15) is 25.0 Å². The zero-order chi connectivity index (χ0) is 17.1. The molecule has 0 saturated heterocycles.